The molecule has 0 aliphatic rings. The van der Waals surface area contributed by atoms with E-state index >= 15 is 0 Å². The highest BCUT2D eigenvalue weighted by atomic mass is 16.5. The summed E-state index contributed by atoms with van der Waals surface area (Å²) >= 11 is 0. The van der Waals surface area contributed by atoms with Crippen LogP contribution in [0.15, 0.2) is 0 Å². The molecule has 0 aliphatic carbocycles. The van der Waals surface area contributed by atoms with E-state index in [1.807, 2.05) is 6.92 Å². The molecule has 0 spiro atoms. The number of ether oxygens (including phenoxy) is 3. The first kappa shape index (κ1) is 17.9. The van der Waals surface area contributed by atoms with Crippen LogP contribution in [0.5, 0.6) is 0 Å². The van der Waals surface area contributed by atoms with Crippen molar-refractivity contribution in [3.63, 3.8) is 0 Å². The first-order valence-electron chi connectivity index (χ1n) is 7.47. The molecule has 0 aromatic rings. The van der Waals surface area contributed by atoms with E-state index in [9.17, 15) is 0 Å². The second-order valence-electron chi connectivity index (χ2n) is 4.99. The van der Waals surface area contributed by atoms with Crippen molar-refractivity contribution in [3.8, 4) is 0 Å². The summed E-state index contributed by atoms with van der Waals surface area (Å²) in [6.45, 7) is 12.7. The standard InChI is InChI=1S/C15H32O3/c1-5-8-15(4)18-13-14(3)9-12-17-11-7-10-16-6-2/h14-15H,5-13H2,1-4H3/t14-,15+/m0/s1. The summed E-state index contributed by atoms with van der Waals surface area (Å²) in [7, 11) is 0. The molecule has 18 heavy (non-hydrogen) atoms. The van der Waals surface area contributed by atoms with Crippen LogP contribution in [0, 0.1) is 5.92 Å². The van der Waals surface area contributed by atoms with Crippen molar-refractivity contribution in [2.45, 2.75) is 59.5 Å². The van der Waals surface area contributed by atoms with Crippen LogP contribution < -0.4 is 0 Å². The van der Waals surface area contributed by atoms with Gasteiger partial charge in [0.2, 0.25) is 0 Å². The van der Waals surface area contributed by atoms with Gasteiger partial charge in [-0.1, -0.05) is 20.3 Å². The number of hydrogen-bond donors (Lipinski definition) is 0. The molecular formula is C15H32O3. The van der Waals surface area contributed by atoms with Gasteiger partial charge in [0.25, 0.3) is 0 Å². The average Bonchev–Trinajstić information content (AvgIpc) is 2.35. The Labute approximate surface area is 113 Å². The Bertz CT molecular complexity index is 162. The topological polar surface area (TPSA) is 27.7 Å². The van der Waals surface area contributed by atoms with Crippen molar-refractivity contribution in [2.24, 2.45) is 5.92 Å². The Balaban J connectivity index is 3.23. The second kappa shape index (κ2) is 13.3. The van der Waals surface area contributed by atoms with E-state index in [2.05, 4.69) is 20.8 Å². The minimum atomic E-state index is 0.393. The molecule has 0 aromatic heterocycles. The lowest BCUT2D eigenvalue weighted by atomic mass is 10.1. The second-order valence-corrected chi connectivity index (χ2v) is 4.99. The lowest BCUT2D eigenvalue weighted by Gasteiger charge is -2.16. The molecule has 0 fully saturated rings. The maximum Gasteiger partial charge on any atom is 0.0547 e. The quantitative estimate of drug-likeness (QED) is 0.473. The van der Waals surface area contributed by atoms with Gasteiger partial charge in [-0.05, 0) is 39.0 Å². The van der Waals surface area contributed by atoms with Gasteiger partial charge in [-0.2, -0.15) is 0 Å². The molecule has 3 heteroatoms. The zero-order valence-electron chi connectivity index (χ0n) is 12.7. The third-order valence-corrected chi connectivity index (χ3v) is 2.90. The molecule has 0 saturated heterocycles. The van der Waals surface area contributed by atoms with Gasteiger partial charge in [0.15, 0.2) is 0 Å². The van der Waals surface area contributed by atoms with Crippen LogP contribution in [0.25, 0.3) is 0 Å². The maximum atomic E-state index is 5.78. The fourth-order valence-electron chi connectivity index (χ4n) is 1.70. The van der Waals surface area contributed by atoms with Crippen LogP contribution in [-0.2, 0) is 14.2 Å². The van der Waals surface area contributed by atoms with Gasteiger partial charge in [-0.15, -0.1) is 0 Å². The molecule has 0 N–H and O–H groups in total. The van der Waals surface area contributed by atoms with Gasteiger partial charge in [0.05, 0.1) is 6.10 Å². The number of hydrogen-bond acceptors (Lipinski definition) is 3. The molecule has 0 amide bonds. The Morgan fingerprint density at radius 2 is 1.61 bits per heavy atom. The Hall–Kier alpha value is -0.120. The lowest BCUT2D eigenvalue weighted by molar-refractivity contribution is 0.0257. The van der Waals surface area contributed by atoms with Crippen LogP contribution >= 0.6 is 0 Å². The van der Waals surface area contributed by atoms with E-state index < -0.39 is 0 Å². The highest BCUT2D eigenvalue weighted by Gasteiger charge is 2.06. The molecule has 0 aliphatic heterocycles. The van der Waals surface area contributed by atoms with Crippen LogP contribution in [0.2, 0.25) is 0 Å². The summed E-state index contributed by atoms with van der Waals surface area (Å²) in [5.74, 6) is 0.580. The van der Waals surface area contributed by atoms with E-state index in [1.165, 1.54) is 6.42 Å². The van der Waals surface area contributed by atoms with Gasteiger partial charge >= 0.3 is 0 Å². The first-order chi connectivity index (χ1) is 8.70. The SMILES string of the molecule is CCC[C@@H](C)OC[C@@H](C)CCOCCCOCC. The highest BCUT2D eigenvalue weighted by molar-refractivity contribution is 4.54. The van der Waals surface area contributed by atoms with Crippen molar-refractivity contribution in [1.82, 2.24) is 0 Å². The molecule has 0 saturated carbocycles. The van der Waals surface area contributed by atoms with Crippen molar-refractivity contribution in [2.75, 3.05) is 33.0 Å². The van der Waals surface area contributed by atoms with Gasteiger partial charge in [0.1, 0.15) is 0 Å². The summed E-state index contributed by atoms with van der Waals surface area (Å²) in [4.78, 5) is 0. The van der Waals surface area contributed by atoms with E-state index in [0.717, 1.165) is 52.3 Å². The fourth-order valence-corrected chi connectivity index (χ4v) is 1.70. The summed E-state index contributed by atoms with van der Waals surface area (Å²) in [6, 6.07) is 0. The third-order valence-electron chi connectivity index (χ3n) is 2.90. The molecule has 0 bridgehead atoms. The molecule has 0 unspecified atom stereocenters. The average molecular weight is 260 g/mol. The van der Waals surface area contributed by atoms with E-state index in [4.69, 9.17) is 14.2 Å². The van der Waals surface area contributed by atoms with E-state index in [1.54, 1.807) is 0 Å². The predicted molar refractivity (Wildman–Crippen MR) is 76.0 cm³/mol. The minimum Gasteiger partial charge on any atom is -0.382 e. The lowest BCUT2D eigenvalue weighted by Crippen LogP contribution is -2.15. The predicted octanol–water partition coefficient (Wildman–Crippen LogP) is 3.66. The Kier molecular flexibility index (Phi) is 13.2. The fraction of sp³-hybridized carbons (Fsp3) is 1.00. The van der Waals surface area contributed by atoms with Gasteiger partial charge in [-0.25, -0.2) is 0 Å². The molecule has 2 atom stereocenters. The smallest absolute Gasteiger partial charge is 0.0547 e. The summed E-state index contributed by atoms with van der Waals surface area (Å²) < 4.78 is 16.6. The molecular weight excluding hydrogens is 228 g/mol. The third kappa shape index (κ3) is 12.3. The van der Waals surface area contributed by atoms with Crippen molar-refractivity contribution in [1.29, 1.82) is 0 Å². The van der Waals surface area contributed by atoms with E-state index in [-0.39, 0.29) is 0 Å². The Morgan fingerprint density at radius 1 is 0.889 bits per heavy atom. The zero-order valence-corrected chi connectivity index (χ0v) is 12.7. The molecule has 0 radical (unpaired) electrons. The normalized spacial score (nSPS) is 14.7. The molecule has 0 heterocycles. The molecule has 110 valence electrons. The van der Waals surface area contributed by atoms with Gasteiger partial charge in [0, 0.05) is 33.0 Å². The van der Waals surface area contributed by atoms with Crippen molar-refractivity contribution in [3.05, 3.63) is 0 Å². The monoisotopic (exact) mass is 260 g/mol. The largest absolute Gasteiger partial charge is 0.382 e. The molecule has 3 nitrogen and oxygen atoms in total. The maximum absolute atomic E-state index is 5.78. The van der Waals surface area contributed by atoms with Gasteiger partial charge in [-0.3, -0.25) is 0 Å². The van der Waals surface area contributed by atoms with Crippen molar-refractivity contribution < 1.29 is 14.2 Å². The summed E-state index contributed by atoms with van der Waals surface area (Å²) in [5.41, 5.74) is 0. The van der Waals surface area contributed by atoms with Crippen molar-refractivity contribution >= 4 is 0 Å². The van der Waals surface area contributed by atoms with E-state index in [0.29, 0.717) is 12.0 Å². The molecule has 0 rings (SSSR count). The first-order valence-corrected chi connectivity index (χ1v) is 7.47. The minimum absolute atomic E-state index is 0.393. The summed E-state index contributed by atoms with van der Waals surface area (Å²) in [5, 5.41) is 0. The molecule has 0 aromatic carbocycles. The summed E-state index contributed by atoms with van der Waals surface area (Å²) in [6.07, 6.45) is 4.81. The van der Waals surface area contributed by atoms with Crippen LogP contribution in [0.1, 0.15) is 53.4 Å². The Morgan fingerprint density at radius 3 is 2.28 bits per heavy atom. The van der Waals surface area contributed by atoms with Crippen LogP contribution in [-0.4, -0.2) is 39.1 Å². The van der Waals surface area contributed by atoms with Crippen LogP contribution in [0.3, 0.4) is 0 Å². The zero-order chi connectivity index (χ0) is 13.6. The van der Waals surface area contributed by atoms with Gasteiger partial charge < -0.3 is 14.2 Å². The highest BCUT2D eigenvalue weighted by Crippen LogP contribution is 2.07. The number of rotatable bonds is 13. The van der Waals surface area contributed by atoms with Crippen LogP contribution in [0.4, 0.5) is 0 Å².